The summed E-state index contributed by atoms with van der Waals surface area (Å²) in [5.41, 5.74) is -21.7. The van der Waals surface area contributed by atoms with Crippen LogP contribution in [0.15, 0.2) is 0 Å². The molecule has 0 N–H and O–H groups in total. The zero-order valence-corrected chi connectivity index (χ0v) is 46.4. The van der Waals surface area contributed by atoms with Crippen LogP contribution in [0.5, 0.6) is 0 Å². The maximum atomic E-state index is 12.1. The van der Waals surface area contributed by atoms with Gasteiger partial charge in [-0.05, 0) is 6.92 Å². The van der Waals surface area contributed by atoms with E-state index in [4.69, 9.17) is 0 Å². The minimum absolute atomic E-state index is 0. The molecule has 0 spiro atoms. The third kappa shape index (κ3) is 61.6. The van der Waals surface area contributed by atoms with Crippen molar-refractivity contribution in [2.75, 3.05) is 86.8 Å². The van der Waals surface area contributed by atoms with Gasteiger partial charge in [0.15, 0.2) is 21.1 Å². The number of rotatable bonds is 11. The Hall–Kier alpha value is -0.803. The molecule has 0 aromatic rings. The Morgan fingerprint density at radius 3 is 0.718 bits per heavy atom. The van der Waals surface area contributed by atoms with Crippen molar-refractivity contribution in [3.05, 3.63) is 4.13 Å². The maximum absolute atomic E-state index is 12.1. The average Bonchev–Trinajstić information content (AvgIpc) is 3.12. The first kappa shape index (κ1) is 92.8. The standard InChI is InChI=1S/C3H3F5NO4S2.C3H8O3S.2C2H3F3O3S.C2H3F3O2S.2C2H6O3S.2C2H6O2S.Li/c1-2(4,5)14(10,11)9-15(12,13)3(6,7)8;1-3-7(4,5)6-2;2*1-8-9(6,7)2(3,4)5;1-8(6,7)2(3,4)5;1-5-6(2,3)4;1-4-6(3)5-2;1-5(2,3)4;1-4-5(2)3;/h1H3;3H2,1-2H3;2*1H3;1H3;2*1-2H3;2*1-2H3;/q-1;;;;;;;;;+1. The van der Waals surface area contributed by atoms with Crippen molar-refractivity contribution in [3.63, 3.8) is 0 Å². The number of sulfone groups is 2. The van der Waals surface area contributed by atoms with Gasteiger partial charge in [-0.15, -0.1) is 0 Å². The van der Waals surface area contributed by atoms with E-state index in [0.717, 1.165) is 37.1 Å². The zero-order valence-electron chi connectivity index (χ0n) is 38.2. The zero-order chi connectivity index (χ0) is 60.0. The third-order valence-electron chi connectivity index (χ3n) is 3.79. The molecule has 71 heavy (non-hydrogen) atoms. The number of hydrogen-bond donors (Lipinski definition) is 0. The first-order valence-electron chi connectivity index (χ1n) is 14.6. The number of nitrogens with zero attached hydrogens (tertiary/aromatic N) is 1. The Bertz CT molecular complexity index is 2310. The summed E-state index contributed by atoms with van der Waals surface area (Å²) in [6, 6.07) is 0. The van der Waals surface area contributed by atoms with Gasteiger partial charge in [-0.1, -0.05) is 0 Å². The minimum Gasteiger partial charge on any atom is -0.423 e. The van der Waals surface area contributed by atoms with Crippen molar-refractivity contribution in [1.82, 2.24) is 0 Å². The average molecular weight is 1290 g/mol. The van der Waals surface area contributed by atoms with E-state index in [2.05, 4.69) is 29.3 Å². The van der Waals surface area contributed by atoms with Crippen molar-refractivity contribution >= 4 is 103 Å². The maximum Gasteiger partial charge on any atom is 1.00 e. The Labute approximate surface area is 417 Å². The second-order valence-electron chi connectivity index (χ2n) is 9.76. The third-order valence-corrected chi connectivity index (χ3v) is 12.5. The Morgan fingerprint density at radius 2 is 0.676 bits per heavy atom. The van der Waals surface area contributed by atoms with E-state index in [0.29, 0.717) is 14.2 Å². The molecular formula is C20H44F14LiNO25S10. The fraction of sp³-hybridized carbons (Fsp3) is 1.00. The van der Waals surface area contributed by atoms with Crippen LogP contribution in [-0.2, 0) is 132 Å². The van der Waals surface area contributed by atoms with Crippen LogP contribution < -0.4 is 18.9 Å². The van der Waals surface area contributed by atoms with Crippen molar-refractivity contribution in [3.8, 4) is 0 Å². The molecule has 0 rings (SSSR count). The summed E-state index contributed by atoms with van der Waals surface area (Å²) in [6.45, 7) is 1.23. The quantitative estimate of drug-likeness (QED) is 0.100. The normalized spacial score (nSPS) is 13.1. The first-order valence-corrected chi connectivity index (χ1v) is 30.4. The first-order chi connectivity index (χ1) is 29.8. The van der Waals surface area contributed by atoms with Gasteiger partial charge in [-0.2, -0.15) is 99.3 Å². The van der Waals surface area contributed by atoms with Crippen LogP contribution in [0.1, 0.15) is 13.8 Å². The van der Waals surface area contributed by atoms with Crippen molar-refractivity contribution in [1.29, 1.82) is 0 Å². The largest absolute Gasteiger partial charge is 1.00 e. The van der Waals surface area contributed by atoms with E-state index in [9.17, 15) is 137 Å². The summed E-state index contributed by atoms with van der Waals surface area (Å²) in [4.78, 5) is 0. The smallest absolute Gasteiger partial charge is 0.423 e. The second kappa shape index (κ2) is 37.9. The molecule has 0 saturated heterocycles. The molecule has 0 aromatic heterocycles. The van der Waals surface area contributed by atoms with Gasteiger partial charge in [0.1, 0.15) is 19.9 Å². The van der Waals surface area contributed by atoms with Gasteiger partial charge >= 0.3 is 77.7 Å². The minimum atomic E-state index is -6.48. The molecule has 1 unspecified atom stereocenters. The van der Waals surface area contributed by atoms with Crippen LogP contribution >= 0.6 is 0 Å². The number of hydrogen-bond acceptors (Lipinski definition) is 25. The van der Waals surface area contributed by atoms with E-state index >= 15 is 0 Å². The van der Waals surface area contributed by atoms with E-state index in [1.807, 2.05) is 0 Å². The summed E-state index contributed by atoms with van der Waals surface area (Å²) in [5.74, 6) is 0.0451. The molecule has 26 nitrogen and oxygen atoms in total. The molecular weight excluding hydrogens is 1250 g/mol. The summed E-state index contributed by atoms with van der Waals surface area (Å²) in [7, 11) is -29.9. The SMILES string of the molecule is CC(F)(F)S(=O)(=O)[N-]S(=O)(=O)C(F)(F)F.CCS(=O)(=O)OC.COS(=O)(=O)C(F)(F)F.COS(=O)(=O)C(F)(F)F.COS(=O)OC.COS(C)(=O)=O.COS(C)=O.CS(=O)(=O)C(F)(F)F.CS(C)(=O)=O.[Li+]. The van der Waals surface area contributed by atoms with E-state index in [-0.39, 0.29) is 37.8 Å². The van der Waals surface area contributed by atoms with Crippen LogP contribution in [0.4, 0.5) is 61.5 Å². The Kier molecular flexibility index (Phi) is 49.5. The number of alkyl halides is 14. The second-order valence-corrected chi connectivity index (χ2v) is 27.1. The van der Waals surface area contributed by atoms with Gasteiger partial charge in [-0.3, -0.25) is 29.3 Å². The van der Waals surface area contributed by atoms with Gasteiger partial charge in [-0.25, -0.2) is 37.9 Å². The van der Waals surface area contributed by atoms with Crippen LogP contribution in [0.25, 0.3) is 4.13 Å². The molecule has 1 atom stereocenters. The van der Waals surface area contributed by atoms with E-state index in [1.54, 1.807) is 0 Å². The van der Waals surface area contributed by atoms with Crippen LogP contribution in [0.3, 0.4) is 0 Å². The molecule has 0 saturated carbocycles. The van der Waals surface area contributed by atoms with E-state index < -0.39 is 130 Å². The predicted octanol–water partition coefficient (Wildman–Crippen LogP) is -1.31. The molecule has 51 heteroatoms. The van der Waals surface area contributed by atoms with Crippen molar-refractivity contribution in [2.45, 2.75) is 41.1 Å². The molecule has 0 aliphatic heterocycles. The number of halogens is 14. The van der Waals surface area contributed by atoms with Crippen LogP contribution in [-0.4, -0.2) is 190 Å². The summed E-state index contributed by atoms with van der Waals surface area (Å²) in [5, 5.41) is -4.70. The van der Waals surface area contributed by atoms with Gasteiger partial charge in [0.05, 0.1) is 61.8 Å². The van der Waals surface area contributed by atoms with Crippen LogP contribution in [0.2, 0.25) is 0 Å². The van der Waals surface area contributed by atoms with Gasteiger partial charge in [0.2, 0.25) is 9.84 Å². The van der Waals surface area contributed by atoms with Crippen molar-refractivity contribution in [2.24, 2.45) is 0 Å². The molecule has 0 aliphatic rings. The Morgan fingerprint density at radius 1 is 0.451 bits per heavy atom. The molecule has 0 radical (unpaired) electrons. The molecule has 0 fully saturated rings. The molecule has 0 aromatic carbocycles. The fourth-order valence-electron chi connectivity index (χ4n) is 0.612. The number of sulfonamides is 2. The van der Waals surface area contributed by atoms with Gasteiger partial charge in [0.25, 0.3) is 20.2 Å². The van der Waals surface area contributed by atoms with E-state index in [1.165, 1.54) is 34.5 Å². The molecule has 0 aliphatic carbocycles. The fourth-order valence-corrected chi connectivity index (χ4v) is 3.26. The summed E-state index contributed by atoms with van der Waals surface area (Å²) < 4.78 is 364. The molecule has 0 heterocycles. The molecule has 0 amide bonds. The topological polar surface area (TPSA) is 386 Å². The molecule has 0 bridgehead atoms. The van der Waals surface area contributed by atoms with Gasteiger partial charge in [0, 0.05) is 31.9 Å². The monoisotopic (exact) mass is 1290 g/mol. The molecule has 438 valence electrons. The predicted molar refractivity (Wildman–Crippen MR) is 215 cm³/mol. The Balaban J connectivity index is -0.0000000753. The summed E-state index contributed by atoms with van der Waals surface area (Å²) >= 11 is -2.61. The summed E-state index contributed by atoms with van der Waals surface area (Å²) in [6.07, 6.45) is 4.90. The van der Waals surface area contributed by atoms with Gasteiger partial charge < -0.3 is 4.13 Å². The van der Waals surface area contributed by atoms with Crippen LogP contribution in [0, 0.1) is 0 Å². The van der Waals surface area contributed by atoms with Crippen molar-refractivity contribution < 1.29 is 185 Å².